The zero-order valence-corrected chi connectivity index (χ0v) is 10.1. The van der Waals surface area contributed by atoms with Gasteiger partial charge in [-0.3, -0.25) is 0 Å². The number of hydrogen-bond acceptors (Lipinski definition) is 2. The minimum Gasteiger partial charge on any atom is -0.450 e. The van der Waals surface area contributed by atoms with Crippen molar-refractivity contribution in [1.29, 1.82) is 0 Å². The lowest BCUT2D eigenvalue weighted by atomic mass is 9.85. The highest BCUT2D eigenvalue weighted by molar-refractivity contribution is 5.92. The summed E-state index contributed by atoms with van der Waals surface area (Å²) in [6, 6.07) is 10.4. The molecule has 3 heteroatoms. The summed E-state index contributed by atoms with van der Waals surface area (Å²) < 4.78 is 4.93. The zero-order chi connectivity index (χ0) is 12.7. The number of hydrogen-bond donors (Lipinski definition) is 1. The van der Waals surface area contributed by atoms with Crippen LogP contribution in [0.15, 0.2) is 30.3 Å². The molecule has 2 aromatic rings. The fourth-order valence-electron chi connectivity index (χ4n) is 2.84. The summed E-state index contributed by atoms with van der Waals surface area (Å²) >= 11 is 0. The van der Waals surface area contributed by atoms with Gasteiger partial charge in [0.25, 0.3) is 0 Å². The maximum Gasteiger partial charge on any atom is 0.506 e. The summed E-state index contributed by atoms with van der Waals surface area (Å²) in [5.74, 6) is 0. The molecule has 0 heterocycles. The van der Waals surface area contributed by atoms with Crippen LogP contribution in [0.1, 0.15) is 16.7 Å². The Kier molecular flexibility index (Phi) is 2.47. The van der Waals surface area contributed by atoms with E-state index in [4.69, 9.17) is 9.84 Å². The molecule has 1 unspecified atom stereocenters. The molecule has 0 bridgehead atoms. The van der Waals surface area contributed by atoms with E-state index < -0.39 is 6.16 Å². The molecule has 1 atom stereocenters. The van der Waals surface area contributed by atoms with E-state index >= 15 is 0 Å². The Labute approximate surface area is 105 Å². The van der Waals surface area contributed by atoms with E-state index in [1.165, 1.54) is 27.5 Å². The second-order valence-corrected chi connectivity index (χ2v) is 4.80. The molecule has 1 aliphatic rings. The van der Waals surface area contributed by atoms with E-state index in [-0.39, 0.29) is 6.10 Å². The summed E-state index contributed by atoms with van der Waals surface area (Å²) in [6.45, 7) is 2.10. The number of carboxylic acid groups (broad SMARTS) is 1. The van der Waals surface area contributed by atoms with Crippen LogP contribution in [0, 0.1) is 6.92 Å². The SMILES string of the molecule is Cc1ccc2c3c(cccc13)CC(OC(=O)O)C2. The van der Waals surface area contributed by atoms with E-state index in [2.05, 4.69) is 31.2 Å². The van der Waals surface area contributed by atoms with Crippen LogP contribution >= 0.6 is 0 Å². The fourth-order valence-corrected chi connectivity index (χ4v) is 2.84. The maximum atomic E-state index is 10.7. The van der Waals surface area contributed by atoms with Gasteiger partial charge in [0, 0.05) is 12.8 Å². The van der Waals surface area contributed by atoms with Crippen molar-refractivity contribution in [1.82, 2.24) is 0 Å². The lowest BCUT2D eigenvalue weighted by molar-refractivity contribution is 0.0514. The van der Waals surface area contributed by atoms with Crippen molar-refractivity contribution in [2.75, 3.05) is 0 Å². The molecule has 1 aliphatic carbocycles. The first-order chi connectivity index (χ1) is 8.65. The number of benzene rings is 2. The molecule has 0 saturated heterocycles. The predicted octanol–water partition coefficient (Wildman–Crippen LogP) is 3.31. The van der Waals surface area contributed by atoms with Crippen molar-refractivity contribution in [2.45, 2.75) is 25.9 Å². The highest BCUT2D eigenvalue weighted by Gasteiger charge is 2.23. The Balaban J connectivity index is 2.11. The van der Waals surface area contributed by atoms with Gasteiger partial charge in [-0.05, 0) is 34.4 Å². The summed E-state index contributed by atoms with van der Waals surface area (Å²) in [6.07, 6.45) is -0.119. The van der Waals surface area contributed by atoms with Crippen molar-refractivity contribution in [3.63, 3.8) is 0 Å². The second kappa shape index (κ2) is 4.02. The lowest BCUT2D eigenvalue weighted by Gasteiger charge is -2.24. The highest BCUT2D eigenvalue weighted by atomic mass is 16.7. The average Bonchev–Trinajstić information content (AvgIpc) is 2.33. The molecule has 92 valence electrons. The Hall–Kier alpha value is -2.03. The quantitative estimate of drug-likeness (QED) is 0.780. The van der Waals surface area contributed by atoms with Crippen molar-refractivity contribution in [2.24, 2.45) is 0 Å². The highest BCUT2D eigenvalue weighted by Crippen LogP contribution is 2.32. The van der Waals surface area contributed by atoms with E-state index in [0.717, 1.165) is 0 Å². The molecule has 0 aromatic heterocycles. The monoisotopic (exact) mass is 242 g/mol. The molecule has 2 aromatic carbocycles. The van der Waals surface area contributed by atoms with E-state index in [1.54, 1.807) is 0 Å². The molecule has 3 nitrogen and oxygen atoms in total. The van der Waals surface area contributed by atoms with Gasteiger partial charge in [-0.2, -0.15) is 0 Å². The first-order valence-electron chi connectivity index (χ1n) is 6.05. The first kappa shape index (κ1) is 11.1. The Bertz CT molecular complexity index is 619. The third-order valence-corrected chi connectivity index (χ3v) is 3.59. The first-order valence-corrected chi connectivity index (χ1v) is 6.05. The molecule has 0 amide bonds. The largest absolute Gasteiger partial charge is 0.506 e. The van der Waals surface area contributed by atoms with E-state index in [1.807, 2.05) is 6.07 Å². The van der Waals surface area contributed by atoms with Crippen LogP contribution in [0.5, 0.6) is 0 Å². The molecule has 0 fully saturated rings. The van der Waals surface area contributed by atoms with Crippen LogP contribution < -0.4 is 0 Å². The van der Waals surface area contributed by atoms with Gasteiger partial charge in [0.2, 0.25) is 0 Å². The van der Waals surface area contributed by atoms with Crippen LogP contribution in [0.2, 0.25) is 0 Å². The Morgan fingerprint density at radius 1 is 1.22 bits per heavy atom. The van der Waals surface area contributed by atoms with Crippen LogP contribution in [0.4, 0.5) is 4.79 Å². The minimum absolute atomic E-state index is 0.261. The number of carbonyl (C=O) groups is 1. The van der Waals surface area contributed by atoms with Crippen molar-refractivity contribution >= 4 is 16.9 Å². The Morgan fingerprint density at radius 3 is 2.67 bits per heavy atom. The van der Waals surface area contributed by atoms with Crippen molar-refractivity contribution in [3.05, 3.63) is 47.0 Å². The molecule has 1 N–H and O–H groups in total. The van der Waals surface area contributed by atoms with Crippen molar-refractivity contribution < 1.29 is 14.6 Å². The summed E-state index contributed by atoms with van der Waals surface area (Å²) in [7, 11) is 0. The van der Waals surface area contributed by atoms with Gasteiger partial charge in [-0.25, -0.2) is 4.79 Å². The maximum absolute atomic E-state index is 10.7. The van der Waals surface area contributed by atoms with Crippen molar-refractivity contribution in [3.8, 4) is 0 Å². The zero-order valence-electron chi connectivity index (χ0n) is 10.1. The number of rotatable bonds is 1. The molecule has 0 saturated carbocycles. The Morgan fingerprint density at radius 2 is 1.94 bits per heavy atom. The molecule has 3 rings (SSSR count). The molecular formula is C15H14O3. The average molecular weight is 242 g/mol. The third-order valence-electron chi connectivity index (χ3n) is 3.59. The standard InChI is InChI=1S/C15H14O3/c1-9-5-6-11-8-12(18-15(16)17)7-10-3-2-4-13(9)14(10)11/h2-6,12H,7-8H2,1H3,(H,16,17). The summed E-state index contributed by atoms with van der Waals surface area (Å²) in [4.78, 5) is 10.7. The van der Waals surface area contributed by atoms with Gasteiger partial charge >= 0.3 is 6.16 Å². The van der Waals surface area contributed by atoms with Gasteiger partial charge in [0.05, 0.1) is 0 Å². The normalized spacial score (nSPS) is 17.7. The molecule has 18 heavy (non-hydrogen) atoms. The second-order valence-electron chi connectivity index (χ2n) is 4.80. The molecule has 0 spiro atoms. The minimum atomic E-state index is -1.19. The summed E-state index contributed by atoms with van der Waals surface area (Å²) in [5.41, 5.74) is 3.63. The van der Waals surface area contributed by atoms with Crippen LogP contribution in [0.25, 0.3) is 10.8 Å². The van der Waals surface area contributed by atoms with Gasteiger partial charge in [-0.15, -0.1) is 0 Å². The predicted molar refractivity (Wildman–Crippen MR) is 69.0 cm³/mol. The van der Waals surface area contributed by atoms with Gasteiger partial charge in [-0.1, -0.05) is 30.3 Å². The number of ether oxygens (including phenoxy) is 1. The molecule has 0 aliphatic heterocycles. The third kappa shape index (κ3) is 1.72. The van der Waals surface area contributed by atoms with Crippen LogP contribution in [-0.4, -0.2) is 17.4 Å². The van der Waals surface area contributed by atoms with Gasteiger partial charge in [0.1, 0.15) is 6.10 Å². The molecular weight excluding hydrogens is 228 g/mol. The van der Waals surface area contributed by atoms with E-state index in [0.29, 0.717) is 12.8 Å². The lowest BCUT2D eigenvalue weighted by Crippen LogP contribution is -2.25. The topological polar surface area (TPSA) is 46.5 Å². The fraction of sp³-hybridized carbons (Fsp3) is 0.267. The van der Waals surface area contributed by atoms with Crippen LogP contribution in [-0.2, 0) is 17.6 Å². The smallest absolute Gasteiger partial charge is 0.450 e. The van der Waals surface area contributed by atoms with Gasteiger partial charge in [0.15, 0.2) is 0 Å². The summed E-state index contributed by atoms with van der Waals surface area (Å²) in [5, 5.41) is 11.3. The van der Waals surface area contributed by atoms with E-state index in [9.17, 15) is 4.79 Å². The number of aryl methyl sites for hydroxylation is 1. The molecule has 0 radical (unpaired) electrons. The van der Waals surface area contributed by atoms with Crippen LogP contribution in [0.3, 0.4) is 0 Å². The van der Waals surface area contributed by atoms with Gasteiger partial charge < -0.3 is 9.84 Å².